The van der Waals surface area contributed by atoms with E-state index >= 15 is 0 Å². The van der Waals surface area contributed by atoms with Crippen LogP contribution in [0.15, 0.2) is 0 Å². The van der Waals surface area contributed by atoms with Crippen molar-refractivity contribution < 1.29 is 53.0 Å². The minimum absolute atomic E-state index is 0.594. The zero-order chi connectivity index (χ0) is 17.3. The molecule has 0 aromatic heterocycles. The van der Waals surface area contributed by atoms with E-state index in [9.17, 15) is 48.3 Å². The van der Waals surface area contributed by atoms with Crippen LogP contribution in [0, 0.1) is 0 Å². The van der Waals surface area contributed by atoms with Crippen LogP contribution in [0.2, 0.25) is 12.6 Å². The standard InChI is InChI=1S/C8H9F11OSi/c1-21-3-2-4(9,6(12,13)14)20-8(18,19)5(10,11)7(15,16)17/h2-3,21H2,1H3. The molecule has 0 N–H and O–H groups in total. The predicted molar refractivity (Wildman–Crippen MR) is 50.8 cm³/mol. The summed E-state index contributed by atoms with van der Waals surface area (Å²) in [7, 11) is -1.31. The number of hydrogen-bond donors (Lipinski definition) is 0. The number of ether oxygens (including phenoxy) is 1. The molecule has 128 valence electrons. The van der Waals surface area contributed by atoms with Gasteiger partial charge in [0.15, 0.2) is 0 Å². The van der Waals surface area contributed by atoms with E-state index in [4.69, 9.17) is 0 Å². The third-order valence-corrected chi connectivity index (χ3v) is 3.35. The summed E-state index contributed by atoms with van der Waals surface area (Å²) < 4.78 is 138. The first-order valence-corrected chi connectivity index (χ1v) is 7.71. The smallest absolute Gasteiger partial charge is 0.269 e. The van der Waals surface area contributed by atoms with Gasteiger partial charge in [0.25, 0.3) is 0 Å². The van der Waals surface area contributed by atoms with Crippen LogP contribution < -0.4 is 0 Å². The molecule has 0 heterocycles. The van der Waals surface area contributed by atoms with E-state index in [0.717, 1.165) is 0 Å². The molecule has 1 nitrogen and oxygen atoms in total. The molecule has 0 aromatic rings. The molecule has 0 aliphatic carbocycles. The summed E-state index contributed by atoms with van der Waals surface area (Å²) in [5, 5.41) is 0. The van der Waals surface area contributed by atoms with Gasteiger partial charge in [0, 0.05) is 15.9 Å². The van der Waals surface area contributed by atoms with Gasteiger partial charge in [0.2, 0.25) is 0 Å². The number of halogens is 11. The molecule has 0 saturated heterocycles. The highest BCUT2D eigenvalue weighted by molar-refractivity contribution is 6.33. The Morgan fingerprint density at radius 3 is 1.48 bits per heavy atom. The van der Waals surface area contributed by atoms with E-state index in [1.165, 1.54) is 6.55 Å². The Balaban J connectivity index is 5.53. The second-order valence-electron chi connectivity index (χ2n) is 4.02. The van der Waals surface area contributed by atoms with Gasteiger partial charge in [-0.2, -0.15) is 43.9 Å². The molecule has 0 radical (unpaired) electrons. The molecule has 0 aromatic carbocycles. The maximum atomic E-state index is 13.4. The summed E-state index contributed by atoms with van der Waals surface area (Å²) in [5.74, 6) is -12.3. The van der Waals surface area contributed by atoms with Crippen molar-refractivity contribution in [3.05, 3.63) is 0 Å². The Labute approximate surface area is 113 Å². The van der Waals surface area contributed by atoms with E-state index in [2.05, 4.69) is 4.74 Å². The van der Waals surface area contributed by atoms with Crippen LogP contribution in [0.5, 0.6) is 0 Å². The van der Waals surface area contributed by atoms with Crippen molar-refractivity contribution in [2.75, 3.05) is 0 Å². The largest absolute Gasteiger partial charge is 0.462 e. The van der Waals surface area contributed by atoms with Gasteiger partial charge in [-0.1, -0.05) is 12.6 Å². The van der Waals surface area contributed by atoms with Crippen LogP contribution in [0.4, 0.5) is 48.3 Å². The number of rotatable bonds is 6. The fourth-order valence-electron chi connectivity index (χ4n) is 1.09. The third kappa shape index (κ3) is 4.20. The van der Waals surface area contributed by atoms with Crippen LogP contribution in [0.1, 0.15) is 6.42 Å². The Morgan fingerprint density at radius 2 is 1.19 bits per heavy atom. The molecule has 0 spiro atoms. The molecule has 0 fully saturated rings. The van der Waals surface area contributed by atoms with Gasteiger partial charge in [0.1, 0.15) is 0 Å². The minimum Gasteiger partial charge on any atom is -0.269 e. The van der Waals surface area contributed by atoms with Gasteiger partial charge in [-0.25, -0.2) is 4.39 Å². The van der Waals surface area contributed by atoms with Gasteiger partial charge >= 0.3 is 30.2 Å². The van der Waals surface area contributed by atoms with Crippen molar-refractivity contribution in [2.24, 2.45) is 0 Å². The lowest BCUT2D eigenvalue weighted by Gasteiger charge is -2.35. The molecule has 0 aliphatic heterocycles. The highest BCUT2D eigenvalue weighted by Gasteiger charge is 2.78. The summed E-state index contributed by atoms with van der Waals surface area (Å²) in [6.07, 6.45) is -21.6. The summed E-state index contributed by atoms with van der Waals surface area (Å²) in [6, 6.07) is -0.594. The van der Waals surface area contributed by atoms with Crippen LogP contribution in [0.25, 0.3) is 0 Å². The van der Waals surface area contributed by atoms with Gasteiger partial charge in [-0.15, -0.1) is 0 Å². The van der Waals surface area contributed by atoms with Crippen molar-refractivity contribution in [3.8, 4) is 0 Å². The maximum absolute atomic E-state index is 13.4. The van der Waals surface area contributed by atoms with Crippen LogP contribution in [-0.2, 0) is 4.74 Å². The molecule has 0 bridgehead atoms. The first-order chi connectivity index (χ1) is 9.02. The summed E-state index contributed by atoms with van der Waals surface area (Å²) in [5.41, 5.74) is 0. The van der Waals surface area contributed by atoms with Crippen molar-refractivity contribution in [1.82, 2.24) is 0 Å². The summed E-state index contributed by atoms with van der Waals surface area (Å²) in [4.78, 5) is 0. The quantitative estimate of drug-likeness (QED) is 0.514. The first kappa shape index (κ1) is 20.4. The van der Waals surface area contributed by atoms with Gasteiger partial charge < -0.3 is 0 Å². The van der Waals surface area contributed by atoms with E-state index in [-0.39, 0.29) is 0 Å². The lowest BCUT2D eigenvalue weighted by Crippen LogP contribution is -2.59. The number of alkyl halides is 11. The maximum Gasteiger partial charge on any atom is 0.462 e. The van der Waals surface area contributed by atoms with E-state index in [0.29, 0.717) is 0 Å². The Hall–Kier alpha value is -0.593. The highest BCUT2D eigenvalue weighted by Crippen LogP contribution is 2.51. The van der Waals surface area contributed by atoms with Crippen molar-refractivity contribution in [1.29, 1.82) is 0 Å². The molecule has 0 saturated carbocycles. The lowest BCUT2D eigenvalue weighted by atomic mass is 10.2. The average molecular weight is 358 g/mol. The lowest BCUT2D eigenvalue weighted by molar-refractivity contribution is -0.483. The Morgan fingerprint density at radius 1 is 0.762 bits per heavy atom. The average Bonchev–Trinajstić information content (AvgIpc) is 2.22. The topological polar surface area (TPSA) is 9.23 Å². The number of hydrogen-bond acceptors (Lipinski definition) is 1. The van der Waals surface area contributed by atoms with E-state index in [1.54, 1.807) is 0 Å². The fourth-order valence-corrected chi connectivity index (χ4v) is 1.90. The summed E-state index contributed by atoms with van der Waals surface area (Å²) >= 11 is 0. The molecule has 1 unspecified atom stereocenters. The molecule has 13 heteroatoms. The minimum atomic E-state index is -6.98. The van der Waals surface area contributed by atoms with E-state index < -0.39 is 52.2 Å². The van der Waals surface area contributed by atoms with Crippen LogP contribution >= 0.6 is 0 Å². The van der Waals surface area contributed by atoms with Crippen molar-refractivity contribution in [3.63, 3.8) is 0 Å². The molecule has 0 aliphatic rings. The monoisotopic (exact) mass is 358 g/mol. The third-order valence-electron chi connectivity index (χ3n) is 2.29. The fraction of sp³-hybridized carbons (Fsp3) is 1.00. The SMILES string of the molecule is C[SiH2]CCC(F)(OC(F)(F)C(F)(F)C(F)(F)F)C(F)(F)F. The predicted octanol–water partition coefficient (Wildman–Crippen LogP) is 4.05. The molecule has 0 amide bonds. The zero-order valence-electron chi connectivity index (χ0n) is 10.2. The van der Waals surface area contributed by atoms with Crippen LogP contribution in [-0.4, -0.2) is 39.8 Å². The second kappa shape index (κ2) is 5.89. The zero-order valence-corrected chi connectivity index (χ0v) is 11.6. The molecular formula is C8H9F11OSi. The highest BCUT2D eigenvalue weighted by atomic mass is 28.2. The normalized spacial score (nSPS) is 18.3. The first-order valence-electron chi connectivity index (χ1n) is 5.30. The molecule has 0 rings (SSSR count). The molecule has 21 heavy (non-hydrogen) atoms. The van der Waals surface area contributed by atoms with Crippen molar-refractivity contribution >= 4 is 9.52 Å². The second-order valence-corrected chi connectivity index (χ2v) is 5.73. The van der Waals surface area contributed by atoms with Gasteiger partial charge in [0.05, 0.1) is 0 Å². The Kier molecular flexibility index (Phi) is 5.73. The van der Waals surface area contributed by atoms with Crippen LogP contribution in [0.3, 0.4) is 0 Å². The summed E-state index contributed by atoms with van der Waals surface area (Å²) in [6.45, 7) is 1.35. The van der Waals surface area contributed by atoms with Gasteiger partial charge in [-0.3, -0.25) is 4.74 Å². The van der Waals surface area contributed by atoms with Crippen molar-refractivity contribution in [2.45, 2.75) is 49.3 Å². The molecular weight excluding hydrogens is 349 g/mol. The van der Waals surface area contributed by atoms with E-state index in [1.807, 2.05) is 0 Å². The van der Waals surface area contributed by atoms with Gasteiger partial charge in [-0.05, 0) is 0 Å². The molecule has 1 atom stereocenters. The Bertz CT molecular complexity index is 349.